The highest BCUT2D eigenvalue weighted by atomic mass is 16.5. The van der Waals surface area contributed by atoms with Crippen LogP contribution in [0, 0.1) is 11.3 Å². The molecular formula is C22H24N2O3. The Labute approximate surface area is 159 Å². The van der Waals surface area contributed by atoms with Crippen molar-refractivity contribution in [3.8, 4) is 11.8 Å². The van der Waals surface area contributed by atoms with Crippen LogP contribution >= 0.6 is 0 Å². The van der Waals surface area contributed by atoms with Crippen LogP contribution in [-0.2, 0) is 9.53 Å². The van der Waals surface area contributed by atoms with Crippen molar-refractivity contribution < 1.29 is 14.3 Å². The zero-order chi connectivity index (χ0) is 19.1. The maximum Gasteiger partial charge on any atom is 0.262 e. The number of ether oxygens (including phenoxy) is 2. The van der Waals surface area contributed by atoms with Gasteiger partial charge in [0, 0.05) is 18.7 Å². The molecule has 140 valence electrons. The smallest absolute Gasteiger partial charge is 0.262 e. The standard InChI is InChI=1S/C22H24N2O3/c1-2-11-27-21-10-9-16-6-3-4-8-19(16)20(21)13-17(14-23)22(25)24-15-18-7-5-12-26-18/h3-4,6,8-10,13,18H,2,5,7,11-12,15H2,1H3,(H,24,25)/b17-13+/t18-/m0/s1. The Hall–Kier alpha value is -2.84. The van der Waals surface area contributed by atoms with E-state index < -0.39 is 0 Å². The van der Waals surface area contributed by atoms with Crippen LogP contribution < -0.4 is 10.1 Å². The molecule has 2 aromatic rings. The van der Waals surface area contributed by atoms with Crippen molar-refractivity contribution >= 4 is 22.8 Å². The summed E-state index contributed by atoms with van der Waals surface area (Å²) >= 11 is 0. The van der Waals surface area contributed by atoms with Crippen molar-refractivity contribution in [1.29, 1.82) is 5.26 Å². The predicted octanol–water partition coefficient (Wildman–Crippen LogP) is 3.83. The SMILES string of the molecule is CCCOc1ccc2ccccc2c1/C=C(\C#N)C(=O)NC[C@@H]1CCCO1. The first kappa shape index (κ1) is 18.9. The minimum atomic E-state index is -0.387. The Bertz CT molecular complexity index is 877. The van der Waals surface area contributed by atoms with Gasteiger partial charge in [0.1, 0.15) is 17.4 Å². The maximum absolute atomic E-state index is 12.5. The molecule has 1 aliphatic heterocycles. The fraction of sp³-hybridized carbons (Fsp3) is 0.364. The third-order valence-electron chi connectivity index (χ3n) is 4.56. The lowest BCUT2D eigenvalue weighted by molar-refractivity contribution is -0.117. The molecule has 5 heteroatoms. The van der Waals surface area contributed by atoms with Crippen LogP contribution in [0.1, 0.15) is 31.7 Å². The molecule has 1 saturated heterocycles. The van der Waals surface area contributed by atoms with E-state index in [1.165, 1.54) is 0 Å². The molecule has 0 radical (unpaired) electrons. The molecule has 0 spiro atoms. The number of rotatable bonds is 7. The normalized spacial score (nSPS) is 16.9. The van der Waals surface area contributed by atoms with Gasteiger partial charge in [0.25, 0.3) is 5.91 Å². The van der Waals surface area contributed by atoms with Gasteiger partial charge in [0.05, 0.1) is 12.7 Å². The highest BCUT2D eigenvalue weighted by molar-refractivity contribution is 6.05. The number of hydrogen-bond acceptors (Lipinski definition) is 4. The summed E-state index contributed by atoms with van der Waals surface area (Å²) in [7, 11) is 0. The number of nitriles is 1. The van der Waals surface area contributed by atoms with Gasteiger partial charge >= 0.3 is 0 Å². The highest BCUT2D eigenvalue weighted by Crippen LogP contribution is 2.30. The van der Waals surface area contributed by atoms with E-state index in [2.05, 4.69) is 5.32 Å². The average Bonchev–Trinajstić information content (AvgIpc) is 3.22. The second kappa shape index (κ2) is 9.20. The van der Waals surface area contributed by atoms with Crippen LogP contribution in [0.4, 0.5) is 0 Å². The Morgan fingerprint density at radius 2 is 2.22 bits per heavy atom. The molecule has 2 aromatic carbocycles. The summed E-state index contributed by atoms with van der Waals surface area (Å²) in [6, 6.07) is 13.8. The quantitative estimate of drug-likeness (QED) is 0.599. The molecule has 1 atom stereocenters. The van der Waals surface area contributed by atoms with Crippen LogP contribution in [0.25, 0.3) is 16.8 Å². The molecule has 0 aliphatic carbocycles. The molecule has 1 amide bonds. The Kier molecular flexibility index (Phi) is 6.45. The number of nitrogens with one attached hydrogen (secondary N) is 1. The van der Waals surface area contributed by atoms with Gasteiger partial charge < -0.3 is 14.8 Å². The molecule has 27 heavy (non-hydrogen) atoms. The van der Waals surface area contributed by atoms with Crippen molar-refractivity contribution in [3.05, 3.63) is 47.5 Å². The zero-order valence-corrected chi connectivity index (χ0v) is 15.5. The van der Waals surface area contributed by atoms with Gasteiger partial charge in [-0.3, -0.25) is 4.79 Å². The number of carbonyl (C=O) groups is 1. The van der Waals surface area contributed by atoms with Crippen LogP contribution in [-0.4, -0.2) is 31.8 Å². The van der Waals surface area contributed by atoms with Crippen molar-refractivity contribution in [2.75, 3.05) is 19.8 Å². The summed E-state index contributed by atoms with van der Waals surface area (Å²) in [6.45, 7) is 3.77. The molecule has 5 nitrogen and oxygen atoms in total. The largest absolute Gasteiger partial charge is 0.493 e. The lowest BCUT2D eigenvalue weighted by Gasteiger charge is -2.13. The summed E-state index contributed by atoms with van der Waals surface area (Å²) in [6.07, 6.45) is 4.48. The summed E-state index contributed by atoms with van der Waals surface area (Å²) in [5, 5.41) is 14.3. The van der Waals surface area contributed by atoms with Crippen LogP contribution in [0.3, 0.4) is 0 Å². The van der Waals surface area contributed by atoms with Crippen LogP contribution in [0.5, 0.6) is 5.75 Å². The molecule has 0 bridgehead atoms. The molecule has 3 rings (SSSR count). The number of benzene rings is 2. The average molecular weight is 364 g/mol. The van der Waals surface area contributed by atoms with Crippen molar-refractivity contribution in [3.63, 3.8) is 0 Å². The van der Waals surface area contributed by atoms with Crippen molar-refractivity contribution in [2.45, 2.75) is 32.3 Å². The minimum absolute atomic E-state index is 0.0369. The van der Waals surface area contributed by atoms with Crippen molar-refractivity contribution in [1.82, 2.24) is 5.32 Å². The summed E-state index contributed by atoms with van der Waals surface area (Å²) in [5.41, 5.74) is 0.816. The maximum atomic E-state index is 12.5. The molecule has 1 aliphatic rings. The molecule has 1 N–H and O–H groups in total. The van der Waals surface area contributed by atoms with E-state index in [1.54, 1.807) is 6.08 Å². The molecule has 1 heterocycles. The minimum Gasteiger partial charge on any atom is -0.493 e. The van der Waals surface area contributed by atoms with E-state index >= 15 is 0 Å². The monoisotopic (exact) mass is 364 g/mol. The fourth-order valence-corrected chi connectivity index (χ4v) is 3.16. The Morgan fingerprint density at radius 1 is 1.37 bits per heavy atom. The topological polar surface area (TPSA) is 71.3 Å². The van der Waals surface area contributed by atoms with E-state index in [-0.39, 0.29) is 17.6 Å². The summed E-state index contributed by atoms with van der Waals surface area (Å²) in [5.74, 6) is 0.289. The van der Waals surface area contributed by atoms with E-state index in [4.69, 9.17) is 9.47 Å². The number of hydrogen-bond donors (Lipinski definition) is 1. The second-order valence-corrected chi connectivity index (χ2v) is 6.56. The third kappa shape index (κ3) is 4.66. The first-order chi connectivity index (χ1) is 13.2. The van der Waals surface area contributed by atoms with Crippen molar-refractivity contribution in [2.24, 2.45) is 0 Å². The Morgan fingerprint density at radius 3 is 2.96 bits per heavy atom. The molecular weight excluding hydrogens is 340 g/mol. The van der Waals surface area contributed by atoms with Crippen LogP contribution in [0.15, 0.2) is 42.0 Å². The second-order valence-electron chi connectivity index (χ2n) is 6.56. The van der Waals surface area contributed by atoms with Gasteiger partial charge in [0.15, 0.2) is 0 Å². The first-order valence-corrected chi connectivity index (χ1v) is 9.39. The van der Waals surface area contributed by atoms with Gasteiger partial charge in [0.2, 0.25) is 0 Å². The lowest BCUT2D eigenvalue weighted by atomic mass is 10.0. The summed E-state index contributed by atoms with van der Waals surface area (Å²) in [4.78, 5) is 12.5. The Balaban J connectivity index is 1.90. The molecule has 0 unspecified atom stereocenters. The number of fused-ring (bicyclic) bond motifs is 1. The number of carbonyl (C=O) groups excluding carboxylic acids is 1. The van der Waals surface area contributed by atoms with Gasteiger partial charge in [-0.25, -0.2) is 0 Å². The van der Waals surface area contributed by atoms with Crippen LogP contribution in [0.2, 0.25) is 0 Å². The summed E-state index contributed by atoms with van der Waals surface area (Å²) < 4.78 is 11.4. The van der Waals surface area contributed by atoms with E-state index in [0.29, 0.717) is 18.9 Å². The third-order valence-corrected chi connectivity index (χ3v) is 4.56. The predicted molar refractivity (Wildman–Crippen MR) is 105 cm³/mol. The lowest BCUT2D eigenvalue weighted by Crippen LogP contribution is -2.32. The number of nitrogens with zero attached hydrogens (tertiary/aromatic N) is 1. The molecule has 0 aromatic heterocycles. The number of amides is 1. The van der Waals surface area contributed by atoms with Gasteiger partial charge in [-0.2, -0.15) is 5.26 Å². The highest BCUT2D eigenvalue weighted by Gasteiger charge is 2.18. The van der Waals surface area contributed by atoms with E-state index in [0.717, 1.165) is 42.2 Å². The van der Waals surface area contributed by atoms with E-state index in [1.807, 2.05) is 49.4 Å². The van der Waals surface area contributed by atoms with Gasteiger partial charge in [-0.15, -0.1) is 0 Å². The first-order valence-electron chi connectivity index (χ1n) is 9.39. The molecule has 1 fully saturated rings. The zero-order valence-electron chi connectivity index (χ0n) is 15.5. The van der Waals surface area contributed by atoms with Gasteiger partial charge in [-0.1, -0.05) is 37.3 Å². The van der Waals surface area contributed by atoms with Gasteiger partial charge in [-0.05, 0) is 42.2 Å². The van der Waals surface area contributed by atoms with E-state index in [9.17, 15) is 10.1 Å². The molecule has 0 saturated carbocycles. The fourth-order valence-electron chi connectivity index (χ4n) is 3.16.